The number of likely N-dealkylation sites (tertiary alicyclic amines) is 1. The molecule has 0 bridgehead atoms. The Kier molecular flexibility index (Phi) is 3.35. The Balaban J connectivity index is 1.68. The minimum atomic E-state index is -0.929. The van der Waals surface area contributed by atoms with Gasteiger partial charge in [-0.3, -0.25) is 4.79 Å². The number of aliphatic carboxylic acids is 1. The van der Waals surface area contributed by atoms with Crippen molar-refractivity contribution >= 4 is 11.9 Å². The molecule has 3 rings (SSSR count). The summed E-state index contributed by atoms with van der Waals surface area (Å²) in [5.74, 6) is -0.922. The summed E-state index contributed by atoms with van der Waals surface area (Å²) < 4.78 is 5.85. The van der Waals surface area contributed by atoms with Crippen molar-refractivity contribution in [3.63, 3.8) is 0 Å². The number of ether oxygens (including phenoxy) is 1. The molecular formula is C16H26N2O4. The standard InChI is InChI=1S/C16H26N2O4/c1-8(22-16(4)5-6-16)11(17)13(19)18-7-9-10(15(9,2)3)12(18)14(20)21/h8-12H,5-7,17H2,1-4H3,(H,20,21)/t8-,9+,10+,11+,12+/m1/s1. The van der Waals surface area contributed by atoms with Crippen molar-refractivity contribution in [1.29, 1.82) is 0 Å². The van der Waals surface area contributed by atoms with Crippen LogP contribution in [0.3, 0.4) is 0 Å². The van der Waals surface area contributed by atoms with Gasteiger partial charge in [0.2, 0.25) is 5.91 Å². The fraction of sp³-hybridized carbons (Fsp3) is 0.875. The van der Waals surface area contributed by atoms with Crippen molar-refractivity contribution in [2.24, 2.45) is 23.0 Å². The Morgan fingerprint density at radius 2 is 1.91 bits per heavy atom. The minimum Gasteiger partial charge on any atom is -0.480 e. The van der Waals surface area contributed by atoms with Gasteiger partial charge in [0.05, 0.1) is 11.7 Å². The highest BCUT2D eigenvalue weighted by Crippen LogP contribution is 2.64. The third-order valence-corrected chi connectivity index (χ3v) is 5.96. The van der Waals surface area contributed by atoms with Crippen LogP contribution in [0, 0.1) is 17.3 Å². The number of hydrogen-bond acceptors (Lipinski definition) is 4. The molecule has 6 heteroatoms. The van der Waals surface area contributed by atoms with Gasteiger partial charge in [0, 0.05) is 12.5 Å². The van der Waals surface area contributed by atoms with Crippen molar-refractivity contribution in [3.8, 4) is 0 Å². The number of carboxylic acid groups (broad SMARTS) is 1. The predicted molar refractivity (Wildman–Crippen MR) is 80.1 cm³/mol. The number of nitrogens with zero attached hydrogens (tertiary/aromatic N) is 1. The van der Waals surface area contributed by atoms with Crippen LogP contribution in [-0.2, 0) is 14.3 Å². The molecule has 0 aromatic rings. The molecule has 1 heterocycles. The molecule has 3 fully saturated rings. The van der Waals surface area contributed by atoms with Crippen LogP contribution in [0.15, 0.2) is 0 Å². The number of amides is 1. The van der Waals surface area contributed by atoms with Crippen LogP contribution in [0.1, 0.15) is 40.5 Å². The van der Waals surface area contributed by atoms with E-state index >= 15 is 0 Å². The number of carbonyl (C=O) groups excluding carboxylic acids is 1. The Labute approximate surface area is 131 Å². The maximum Gasteiger partial charge on any atom is 0.326 e. The fourth-order valence-corrected chi connectivity index (χ4v) is 4.00. The zero-order valence-corrected chi connectivity index (χ0v) is 13.7. The van der Waals surface area contributed by atoms with Gasteiger partial charge in [0.1, 0.15) is 12.1 Å². The van der Waals surface area contributed by atoms with Crippen molar-refractivity contribution in [2.75, 3.05) is 6.54 Å². The number of carbonyl (C=O) groups is 2. The van der Waals surface area contributed by atoms with Crippen molar-refractivity contribution in [1.82, 2.24) is 4.90 Å². The van der Waals surface area contributed by atoms with Crippen molar-refractivity contribution in [3.05, 3.63) is 0 Å². The monoisotopic (exact) mass is 310 g/mol. The van der Waals surface area contributed by atoms with Gasteiger partial charge in [-0.25, -0.2) is 4.79 Å². The molecule has 0 spiro atoms. The largest absolute Gasteiger partial charge is 0.480 e. The van der Waals surface area contributed by atoms with Crippen LogP contribution in [0.5, 0.6) is 0 Å². The average Bonchev–Trinajstić information content (AvgIpc) is 3.18. The van der Waals surface area contributed by atoms with Crippen LogP contribution in [0.25, 0.3) is 0 Å². The van der Waals surface area contributed by atoms with Crippen LogP contribution in [0.4, 0.5) is 0 Å². The molecule has 2 aliphatic carbocycles. The molecule has 0 radical (unpaired) electrons. The molecule has 1 amide bonds. The summed E-state index contributed by atoms with van der Waals surface area (Å²) in [5, 5.41) is 9.51. The normalized spacial score (nSPS) is 36.4. The first-order valence-corrected chi connectivity index (χ1v) is 8.05. The molecule has 3 N–H and O–H groups in total. The Morgan fingerprint density at radius 1 is 1.32 bits per heavy atom. The van der Waals surface area contributed by atoms with E-state index in [4.69, 9.17) is 10.5 Å². The lowest BCUT2D eigenvalue weighted by molar-refractivity contribution is -0.152. The summed E-state index contributed by atoms with van der Waals surface area (Å²) in [5.41, 5.74) is 5.91. The number of nitrogens with two attached hydrogens (primary N) is 1. The lowest BCUT2D eigenvalue weighted by atomic mass is 10.00. The zero-order chi connectivity index (χ0) is 16.4. The highest BCUT2D eigenvalue weighted by atomic mass is 16.5. The van der Waals surface area contributed by atoms with Crippen molar-refractivity contribution < 1.29 is 19.4 Å². The Morgan fingerprint density at radius 3 is 2.41 bits per heavy atom. The second kappa shape index (κ2) is 4.68. The van der Waals surface area contributed by atoms with E-state index in [0.29, 0.717) is 6.54 Å². The third-order valence-electron chi connectivity index (χ3n) is 5.96. The summed E-state index contributed by atoms with van der Waals surface area (Å²) in [6.07, 6.45) is 1.57. The van der Waals surface area contributed by atoms with Crippen LogP contribution in [-0.4, -0.2) is 52.2 Å². The van der Waals surface area contributed by atoms with Gasteiger partial charge in [0.25, 0.3) is 0 Å². The van der Waals surface area contributed by atoms with Crippen molar-refractivity contribution in [2.45, 2.75) is 64.3 Å². The maximum absolute atomic E-state index is 12.6. The van der Waals surface area contributed by atoms with E-state index in [1.807, 2.05) is 6.92 Å². The maximum atomic E-state index is 12.6. The fourth-order valence-electron chi connectivity index (χ4n) is 4.00. The van der Waals surface area contributed by atoms with Gasteiger partial charge in [0.15, 0.2) is 0 Å². The van der Waals surface area contributed by atoms with E-state index in [0.717, 1.165) is 12.8 Å². The zero-order valence-electron chi connectivity index (χ0n) is 13.7. The van der Waals surface area contributed by atoms with Gasteiger partial charge in [-0.1, -0.05) is 13.8 Å². The molecule has 0 unspecified atom stereocenters. The second-order valence-electron chi connectivity index (χ2n) is 8.03. The summed E-state index contributed by atoms with van der Waals surface area (Å²) >= 11 is 0. The average molecular weight is 310 g/mol. The Hall–Kier alpha value is -1.14. The molecule has 3 aliphatic rings. The number of hydrogen-bond donors (Lipinski definition) is 2. The predicted octanol–water partition coefficient (Wildman–Crippen LogP) is 0.839. The van der Waals surface area contributed by atoms with Gasteiger partial charge in [-0.15, -0.1) is 0 Å². The first kappa shape index (κ1) is 15.7. The lowest BCUT2D eigenvalue weighted by Crippen LogP contribution is -2.55. The molecule has 0 aromatic carbocycles. The second-order valence-corrected chi connectivity index (χ2v) is 8.03. The smallest absolute Gasteiger partial charge is 0.326 e. The number of fused-ring (bicyclic) bond motifs is 1. The van der Waals surface area contributed by atoms with E-state index < -0.39 is 24.2 Å². The summed E-state index contributed by atoms with van der Waals surface area (Å²) in [6, 6.07) is -1.55. The Bertz CT molecular complexity index is 514. The van der Waals surface area contributed by atoms with E-state index in [1.165, 1.54) is 4.90 Å². The SMILES string of the molecule is C[C@@H](OC1(C)CC1)[C@H](N)C(=O)N1C[C@H]2[C@@H]([C@H]1C(=O)O)C2(C)C. The van der Waals surface area contributed by atoms with E-state index in [9.17, 15) is 14.7 Å². The quantitative estimate of drug-likeness (QED) is 0.785. The van der Waals surface area contributed by atoms with Gasteiger partial charge in [-0.05, 0) is 38.0 Å². The van der Waals surface area contributed by atoms with E-state index in [2.05, 4.69) is 13.8 Å². The molecule has 2 saturated carbocycles. The van der Waals surface area contributed by atoms with Crippen LogP contribution in [0.2, 0.25) is 0 Å². The topological polar surface area (TPSA) is 92.9 Å². The highest BCUT2D eigenvalue weighted by molar-refractivity contribution is 5.89. The molecule has 6 nitrogen and oxygen atoms in total. The molecule has 22 heavy (non-hydrogen) atoms. The van der Waals surface area contributed by atoms with E-state index in [-0.39, 0.29) is 28.8 Å². The van der Waals surface area contributed by atoms with Crippen LogP contribution >= 0.6 is 0 Å². The molecular weight excluding hydrogens is 284 g/mol. The number of piperidine rings is 1. The molecule has 1 aliphatic heterocycles. The number of carboxylic acids is 1. The number of rotatable bonds is 5. The van der Waals surface area contributed by atoms with E-state index in [1.54, 1.807) is 6.92 Å². The molecule has 0 aromatic heterocycles. The lowest BCUT2D eigenvalue weighted by Gasteiger charge is -2.32. The van der Waals surface area contributed by atoms with Gasteiger partial charge in [-0.2, -0.15) is 0 Å². The summed E-state index contributed by atoms with van der Waals surface area (Å²) in [7, 11) is 0. The highest BCUT2D eigenvalue weighted by Gasteiger charge is 2.69. The minimum absolute atomic E-state index is 0.00748. The summed E-state index contributed by atoms with van der Waals surface area (Å²) in [6.45, 7) is 8.43. The molecule has 5 atom stereocenters. The third kappa shape index (κ3) is 2.33. The van der Waals surface area contributed by atoms with Gasteiger partial charge < -0.3 is 20.5 Å². The summed E-state index contributed by atoms with van der Waals surface area (Å²) in [4.78, 5) is 25.7. The first-order valence-electron chi connectivity index (χ1n) is 8.05. The molecule has 124 valence electrons. The van der Waals surface area contributed by atoms with Crippen LogP contribution < -0.4 is 5.73 Å². The van der Waals surface area contributed by atoms with Gasteiger partial charge >= 0.3 is 5.97 Å². The first-order chi connectivity index (χ1) is 10.1. The molecule has 1 saturated heterocycles.